The number of aromatic nitrogens is 4. The Morgan fingerprint density at radius 2 is 1.94 bits per heavy atom. The van der Waals surface area contributed by atoms with Crippen LogP contribution < -0.4 is 4.74 Å². The van der Waals surface area contributed by atoms with Gasteiger partial charge in [0.1, 0.15) is 6.33 Å². The van der Waals surface area contributed by atoms with Crippen molar-refractivity contribution in [3.63, 3.8) is 0 Å². The van der Waals surface area contributed by atoms with E-state index in [0.29, 0.717) is 18.7 Å². The van der Waals surface area contributed by atoms with Gasteiger partial charge in [-0.3, -0.25) is 4.90 Å². The van der Waals surface area contributed by atoms with E-state index >= 15 is 0 Å². The van der Waals surface area contributed by atoms with Gasteiger partial charge in [-0.2, -0.15) is 5.10 Å². The second-order valence-corrected chi connectivity index (χ2v) is 7.46. The van der Waals surface area contributed by atoms with E-state index < -0.39 is 5.82 Å². The van der Waals surface area contributed by atoms with Crippen molar-refractivity contribution in [3.8, 4) is 22.7 Å². The van der Waals surface area contributed by atoms with E-state index in [2.05, 4.69) is 14.9 Å². The van der Waals surface area contributed by atoms with Crippen molar-refractivity contribution in [3.05, 3.63) is 89.9 Å². The van der Waals surface area contributed by atoms with Crippen LogP contribution in [0.15, 0.2) is 67.3 Å². The summed E-state index contributed by atoms with van der Waals surface area (Å²) in [6.07, 6.45) is 5.29. The third-order valence-corrected chi connectivity index (χ3v) is 5.09. The maximum atomic E-state index is 14.4. The number of nitrogens with zero attached hydrogens (tertiary/aromatic N) is 5. The molecule has 0 atom stereocenters. The molecule has 4 rings (SSSR count). The van der Waals surface area contributed by atoms with Crippen LogP contribution in [-0.4, -0.2) is 38.8 Å². The van der Waals surface area contributed by atoms with Crippen LogP contribution in [-0.2, 0) is 13.1 Å². The maximum Gasteiger partial charge on any atom is 0.165 e. The molecule has 0 aliphatic rings. The molecule has 0 amide bonds. The van der Waals surface area contributed by atoms with E-state index in [4.69, 9.17) is 9.84 Å². The molecule has 0 fully saturated rings. The third kappa shape index (κ3) is 4.62. The fourth-order valence-electron chi connectivity index (χ4n) is 3.56. The van der Waals surface area contributed by atoms with Crippen LogP contribution in [0.1, 0.15) is 16.8 Å². The van der Waals surface area contributed by atoms with Crippen LogP contribution in [0.3, 0.4) is 0 Å². The fraction of sp³-hybridized carbons (Fsp3) is 0.208. The molecule has 158 valence electrons. The van der Waals surface area contributed by atoms with Gasteiger partial charge < -0.3 is 4.74 Å². The highest BCUT2D eigenvalue weighted by atomic mass is 19.1. The van der Waals surface area contributed by atoms with Gasteiger partial charge >= 0.3 is 0 Å². The van der Waals surface area contributed by atoms with Crippen molar-refractivity contribution < 1.29 is 9.13 Å². The van der Waals surface area contributed by atoms with Gasteiger partial charge in [0.25, 0.3) is 0 Å². The molecule has 0 saturated heterocycles. The molecule has 0 N–H and O–H groups in total. The molecule has 7 heteroatoms. The summed E-state index contributed by atoms with van der Waals surface area (Å²) in [7, 11) is 3.48. The number of halogens is 1. The normalized spacial score (nSPS) is 11.1. The minimum Gasteiger partial charge on any atom is -0.494 e. The molecule has 0 aliphatic heterocycles. The first kappa shape index (κ1) is 20.7. The summed E-state index contributed by atoms with van der Waals surface area (Å²) in [5.74, 6) is -0.199. The summed E-state index contributed by atoms with van der Waals surface area (Å²) in [5.41, 5.74) is 5.46. The zero-order valence-corrected chi connectivity index (χ0v) is 17.8. The Hall–Kier alpha value is -3.58. The summed E-state index contributed by atoms with van der Waals surface area (Å²) in [6.45, 7) is 3.33. The Morgan fingerprint density at radius 3 is 2.65 bits per heavy atom. The second-order valence-electron chi connectivity index (χ2n) is 7.46. The minimum atomic E-state index is -0.411. The molecule has 0 radical (unpaired) electrons. The smallest absolute Gasteiger partial charge is 0.165 e. The van der Waals surface area contributed by atoms with Crippen molar-refractivity contribution >= 4 is 0 Å². The Bertz CT molecular complexity index is 1180. The molecular weight excluding hydrogens is 393 g/mol. The van der Waals surface area contributed by atoms with Gasteiger partial charge in [0.2, 0.25) is 0 Å². The molecule has 0 saturated carbocycles. The van der Waals surface area contributed by atoms with E-state index in [1.54, 1.807) is 18.6 Å². The quantitative estimate of drug-likeness (QED) is 0.446. The van der Waals surface area contributed by atoms with Crippen molar-refractivity contribution in [2.24, 2.45) is 0 Å². The van der Waals surface area contributed by atoms with Gasteiger partial charge in [0, 0.05) is 36.6 Å². The molecule has 2 aromatic carbocycles. The molecule has 4 aromatic rings. The van der Waals surface area contributed by atoms with E-state index in [1.165, 1.54) is 13.2 Å². The van der Waals surface area contributed by atoms with Crippen molar-refractivity contribution in [2.45, 2.75) is 20.0 Å². The lowest BCUT2D eigenvalue weighted by Crippen LogP contribution is -2.18. The van der Waals surface area contributed by atoms with Gasteiger partial charge in [-0.05, 0) is 49.9 Å². The average molecular weight is 417 g/mol. The molecule has 2 heterocycles. The Balaban J connectivity index is 1.71. The van der Waals surface area contributed by atoms with Crippen LogP contribution >= 0.6 is 0 Å². The molecule has 0 aliphatic carbocycles. The van der Waals surface area contributed by atoms with Crippen molar-refractivity contribution in [1.82, 2.24) is 24.6 Å². The van der Waals surface area contributed by atoms with Crippen molar-refractivity contribution in [1.29, 1.82) is 0 Å². The predicted molar refractivity (Wildman–Crippen MR) is 117 cm³/mol. The molecule has 6 nitrogen and oxygen atoms in total. The van der Waals surface area contributed by atoms with E-state index in [-0.39, 0.29) is 5.75 Å². The number of hydrogen-bond acceptors (Lipinski definition) is 5. The highest BCUT2D eigenvalue weighted by Crippen LogP contribution is 2.29. The number of benzene rings is 2. The molecule has 0 spiro atoms. The van der Waals surface area contributed by atoms with Crippen LogP contribution in [0.4, 0.5) is 4.39 Å². The van der Waals surface area contributed by atoms with Gasteiger partial charge in [0.05, 0.1) is 24.2 Å². The van der Waals surface area contributed by atoms with E-state index in [9.17, 15) is 4.39 Å². The van der Waals surface area contributed by atoms with E-state index in [0.717, 1.165) is 28.2 Å². The summed E-state index contributed by atoms with van der Waals surface area (Å²) in [4.78, 5) is 10.4. The zero-order valence-electron chi connectivity index (χ0n) is 17.8. The number of para-hydroxylation sites is 1. The molecule has 31 heavy (non-hydrogen) atoms. The number of aryl methyl sites for hydroxylation is 1. The number of hydrogen-bond donors (Lipinski definition) is 0. The summed E-state index contributed by atoms with van der Waals surface area (Å²) < 4.78 is 21.4. The summed E-state index contributed by atoms with van der Waals surface area (Å²) in [5, 5.41) is 4.83. The summed E-state index contributed by atoms with van der Waals surface area (Å²) >= 11 is 0. The number of ether oxygens (including phenoxy) is 1. The SMILES string of the molecule is COc1ccc(-c2nn(-c3ccccc3C)cc2CN(C)Cc2ccncn2)cc1F. The fourth-order valence-corrected chi connectivity index (χ4v) is 3.56. The topological polar surface area (TPSA) is 56.1 Å². The Labute approximate surface area is 181 Å². The Kier molecular flexibility index (Phi) is 6.04. The third-order valence-electron chi connectivity index (χ3n) is 5.09. The highest BCUT2D eigenvalue weighted by Gasteiger charge is 2.17. The molecule has 0 unspecified atom stereocenters. The van der Waals surface area contributed by atoms with Gasteiger partial charge in [0.15, 0.2) is 11.6 Å². The second kappa shape index (κ2) is 9.06. The van der Waals surface area contributed by atoms with Crippen LogP contribution in [0.5, 0.6) is 5.75 Å². The largest absolute Gasteiger partial charge is 0.494 e. The number of rotatable bonds is 7. The maximum absolute atomic E-state index is 14.4. The zero-order chi connectivity index (χ0) is 21.8. The minimum absolute atomic E-state index is 0.213. The highest BCUT2D eigenvalue weighted by molar-refractivity contribution is 5.64. The first-order valence-corrected chi connectivity index (χ1v) is 9.97. The molecular formula is C24H24FN5O. The first-order chi connectivity index (χ1) is 15.0. The van der Waals surface area contributed by atoms with Crippen LogP contribution in [0.25, 0.3) is 16.9 Å². The van der Waals surface area contributed by atoms with Crippen LogP contribution in [0, 0.1) is 12.7 Å². The molecule has 2 aromatic heterocycles. The van der Waals surface area contributed by atoms with Crippen LogP contribution in [0.2, 0.25) is 0 Å². The van der Waals surface area contributed by atoms with E-state index in [1.807, 2.05) is 61.2 Å². The van der Waals surface area contributed by atoms with Gasteiger partial charge in [-0.15, -0.1) is 0 Å². The summed E-state index contributed by atoms with van der Waals surface area (Å²) in [6, 6.07) is 14.9. The van der Waals surface area contributed by atoms with Gasteiger partial charge in [-0.1, -0.05) is 18.2 Å². The monoisotopic (exact) mass is 417 g/mol. The first-order valence-electron chi connectivity index (χ1n) is 9.97. The Morgan fingerprint density at radius 1 is 1.10 bits per heavy atom. The lowest BCUT2D eigenvalue weighted by molar-refractivity contribution is 0.315. The van der Waals surface area contributed by atoms with Crippen molar-refractivity contribution in [2.75, 3.05) is 14.2 Å². The predicted octanol–water partition coefficient (Wildman–Crippen LogP) is 4.42. The number of methoxy groups -OCH3 is 1. The average Bonchev–Trinajstić information content (AvgIpc) is 3.18. The van der Waals surface area contributed by atoms with Gasteiger partial charge in [-0.25, -0.2) is 19.0 Å². The standard InChI is InChI=1S/C24H24FN5O/c1-17-6-4-5-7-22(17)30-14-19(13-29(2)15-20-10-11-26-16-27-20)24(28-30)18-8-9-23(31-3)21(25)12-18/h4-12,14,16H,13,15H2,1-3H3. The molecule has 0 bridgehead atoms. The lowest BCUT2D eigenvalue weighted by Gasteiger charge is -2.16. The lowest BCUT2D eigenvalue weighted by atomic mass is 10.1.